The van der Waals surface area contributed by atoms with Crippen LogP contribution in [0.25, 0.3) is 11.3 Å². The molecule has 0 aliphatic heterocycles. The van der Waals surface area contributed by atoms with Crippen molar-refractivity contribution in [2.75, 3.05) is 0 Å². The summed E-state index contributed by atoms with van der Waals surface area (Å²) in [4.78, 5) is 17.4. The van der Waals surface area contributed by atoms with Crippen LogP contribution in [-0.2, 0) is 11.0 Å². The average molecular weight is 448 g/mol. The third kappa shape index (κ3) is 3.21. The second-order valence-electron chi connectivity index (χ2n) is 6.24. The largest absolute Gasteiger partial charge is 0.435 e. The molecule has 0 bridgehead atoms. The summed E-state index contributed by atoms with van der Waals surface area (Å²) in [6.07, 6.45) is -3.77. The summed E-state index contributed by atoms with van der Waals surface area (Å²) in [6.45, 7) is 1.62. The van der Waals surface area contributed by atoms with Gasteiger partial charge in [-0.15, -0.1) is 0 Å². The molecule has 9 heteroatoms. The first-order valence-corrected chi connectivity index (χ1v) is 8.66. The number of hydrogen-bond acceptors (Lipinski definition) is 3. The van der Waals surface area contributed by atoms with Crippen LogP contribution in [0.1, 0.15) is 31.0 Å². The molecule has 1 aliphatic rings. The number of nitriles is 1. The third-order valence-corrected chi connectivity index (χ3v) is 5.26. The van der Waals surface area contributed by atoms with Gasteiger partial charge in [0.05, 0.1) is 15.5 Å². The molecule has 1 saturated carbocycles. The molecule has 0 spiro atoms. The highest BCUT2D eigenvalue weighted by Crippen LogP contribution is 2.47. The van der Waals surface area contributed by atoms with Gasteiger partial charge in [0.15, 0.2) is 5.69 Å². The van der Waals surface area contributed by atoms with E-state index in [1.165, 1.54) is 24.3 Å². The molecule has 26 heavy (non-hydrogen) atoms. The lowest BCUT2D eigenvalue weighted by atomic mass is 10.1. The zero-order chi connectivity index (χ0) is 19.3. The van der Waals surface area contributed by atoms with Crippen LogP contribution in [0.2, 0.25) is 5.02 Å². The Morgan fingerprint density at radius 2 is 1.92 bits per heavy atom. The molecule has 136 valence electrons. The lowest BCUT2D eigenvalue weighted by Crippen LogP contribution is -2.30. The molecule has 3 rings (SSSR count). The number of alkyl halides is 3. The Bertz CT molecular complexity index is 925. The monoisotopic (exact) mass is 446 g/mol. The van der Waals surface area contributed by atoms with Gasteiger partial charge in [-0.3, -0.25) is 0 Å². The Labute approximate surface area is 160 Å². The second kappa shape index (κ2) is 6.32. The van der Waals surface area contributed by atoms with Crippen molar-refractivity contribution < 1.29 is 22.8 Å². The smallest absolute Gasteiger partial charge is 0.335 e. The van der Waals surface area contributed by atoms with E-state index < -0.39 is 27.7 Å². The minimum absolute atomic E-state index is 0.166. The predicted octanol–water partition coefficient (Wildman–Crippen LogP) is 5.22. The molecule has 0 amide bonds. The Morgan fingerprint density at radius 3 is 2.38 bits per heavy atom. The summed E-state index contributed by atoms with van der Waals surface area (Å²) in [6, 6.07) is 7.60. The number of carbonyl (C=O) groups excluding carboxylic acids is 1. The number of aromatic nitrogens is 1. The van der Waals surface area contributed by atoms with Crippen LogP contribution in [0, 0.1) is 16.7 Å². The fourth-order valence-corrected chi connectivity index (χ4v) is 3.20. The van der Waals surface area contributed by atoms with Gasteiger partial charge < -0.3 is 4.84 Å². The van der Waals surface area contributed by atoms with Crippen LogP contribution in [0.3, 0.4) is 0 Å². The number of hydrogen-bond donors (Lipinski definition) is 0. The van der Waals surface area contributed by atoms with Crippen molar-refractivity contribution in [2.24, 2.45) is 5.41 Å². The summed E-state index contributed by atoms with van der Waals surface area (Å²) < 4.78 is 40.7. The van der Waals surface area contributed by atoms with Gasteiger partial charge in [0, 0.05) is 10.6 Å². The van der Waals surface area contributed by atoms with E-state index >= 15 is 0 Å². The van der Waals surface area contributed by atoms with Crippen molar-refractivity contribution in [1.29, 1.82) is 5.26 Å². The number of rotatable bonds is 3. The van der Waals surface area contributed by atoms with Crippen molar-refractivity contribution in [3.8, 4) is 17.3 Å². The molecule has 1 fully saturated rings. The molecule has 2 aromatic rings. The van der Waals surface area contributed by atoms with E-state index in [4.69, 9.17) is 16.4 Å². The van der Waals surface area contributed by atoms with Crippen LogP contribution in [0.4, 0.5) is 13.2 Å². The Balaban J connectivity index is 2.25. The molecule has 1 aliphatic carbocycles. The van der Waals surface area contributed by atoms with Crippen molar-refractivity contribution in [2.45, 2.75) is 25.9 Å². The maximum atomic E-state index is 13.6. The zero-order valence-corrected chi connectivity index (χ0v) is 15.7. The van der Waals surface area contributed by atoms with E-state index in [0.29, 0.717) is 22.6 Å². The van der Waals surface area contributed by atoms with Gasteiger partial charge >= 0.3 is 12.1 Å². The minimum atomic E-state index is -4.85. The van der Waals surface area contributed by atoms with E-state index in [1.807, 2.05) is 0 Å². The standard InChI is InChI=1S/C17H11BrClF3N2O2/c1-16(6-7-16)15(25)26-24-13(9-2-4-10(19)5-3-9)11(8-23)12(18)14(24)17(20,21)22/h2-5H,6-7H2,1H3. The summed E-state index contributed by atoms with van der Waals surface area (Å²) in [5.74, 6) is -0.773. The number of nitrogens with zero attached hydrogens (tertiary/aromatic N) is 2. The van der Waals surface area contributed by atoms with Crippen molar-refractivity contribution in [1.82, 2.24) is 4.73 Å². The minimum Gasteiger partial charge on any atom is -0.335 e. The first-order chi connectivity index (χ1) is 12.1. The molecule has 0 unspecified atom stereocenters. The molecule has 0 atom stereocenters. The molecular formula is C17H11BrClF3N2O2. The predicted molar refractivity (Wildman–Crippen MR) is 91.2 cm³/mol. The van der Waals surface area contributed by atoms with E-state index in [1.54, 1.807) is 13.0 Å². The third-order valence-electron chi connectivity index (χ3n) is 4.24. The molecule has 0 radical (unpaired) electrons. The molecule has 1 heterocycles. The van der Waals surface area contributed by atoms with Gasteiger partial charge in [-0.2, -0.15) is 23.2 Å². The highest BCUT2D eigenvalue weighted by atomic mass is 79.9. The van der Waals surface area contributed by atoms with E-state index in [9.17, 15) is 23.2 Å². The van der Waals surface area contributed by atoms with E-state index in [2.05, 4.69) is 15.9 Å². The number of carbonyl (C=O) groups is 1. The van der Waals surface area contributed by atoms with Gasteiger partial charge in [-0.05, 0) is 47.8 Å². The summed E-state index contributed by atoms with van der Waals surface area (Å²) in [5.41, 5.74) is -2.24. The quantitative estimate of drug-likeness (QED) is 0.648. The van der Waals surface area contributed by atoms with Gasteiger partial charge in [0.2, 0.25) is 0 Å². The highest BCUT2D eigenvalue weighted by Gasteiger charge is 2.49. The fraction of sp³-hybridized carbons (Fsp3) is 0.294. The molecule has 1 aromatic heterocycles. The first kappa shape index (κ1) is 18.8. The van der Waals surface area contributed by atoms with Crippen LogP contribution < -0.4 is 4.84 Å². The topological polar surface area (TPSA) is 55.0 Å². The van der Waals surface area contributed by atoms with E-state index in [0.717, 1.165) is 0 Å². The second-order valence-corrected chi connectivity index (χ2v) is 7.47. The van der Waals surface area contributed by atoms with Crippen molar-refractivity contribution in [3.05, 3.63) is 45.0 Å². The van der Waals surface area contributed by atoms with Gasteiger partial charge in [0.1, 0.15) is 11.8 Å². The average Bonchev–Trinajstić information content (AvgIpc) is 3.23. The van der Waals surface area contributed by atoms with Crippen molar-refractivity contribution in [3.63, 3.8) is 0 Å². The summed E-state index contributed by atoms with van der Waals surface area (Å²) in [7, 11) is 0. The van der Waals surface area contributed by atoms with Crippen LogP contribution in [0.5, 0.6) is 0 Å². The number of halogens is 5. The van der Waals surface area contributed by atoms with Crippen LogP contribution in [-0.4, -0.2) is 10.7 Å². The maximum Gasteiger partial charge on any atom is 0.435 e. The van der Waals surface area contributed by atoms with Gasteiger partial charge in [-0.25, -0.2) is 4.79 Å². The molecular weight excluding hydrogens is 437 g/mol. The van der Waals surface area contributed by atoms with Gasteiger partial charge in [-0.1, -0.05) is 23.7 Å². The first-order valence-electron chi connectivity index (χ1n) is 7.49. The summed E-state index contributed by atoms with van der Waals surface area (Å²) >= 11 is 8.66. The Hall–Kier alpha value is -1.98. The molecule has 0 N–H and O–H groups in total. The van der Waals surface area contributed by atoms with Crippen LogP contribution >= 0.6 is 27.5 Å². The van der Waals surface area contributed by atoms with Crippen molar-refractivity contribution >= 4 is 33.5 Å². The van der Waals surface area contributed by atoms with Crippen LogP contribution in [0.15, 0.2) is 28.7 Å². The lowest BCUT2D eigenvalue weighted by Gasteiger charge is -2.17. The maximum absolute atomic E-state index is 13.6. The summed E-state index contributed by atoms with van der Waals surface area (Å²) in [5, 5.41) is 9.78. The fourth-order valence-electron chi connectivity index (χ4n) is 2.41. The SMILES string of the molecule is CC1(C(=O)On2c(-c3ccc(Cl)cc3)c(C#N)c(Br)c2C(F)(F)F)CC1. The van der Waals surface area contributed by atoms with E-state index in [-0.39, 0.29) is 16.8 Å². The Morgan fingerprint density at radius 1 is 1.35 bits per heavy atom. The van der Waals surface area contributed by atoms with Gasteiger partial charge in [0.25, 0.3) is 0 Å². The molecule has 4 nitrogen and oxygen atoms in total. The number of benzene rings is 1. The Kier molecular flexibility index (Phi) is 4.57. The normalized spacial score (nSPS) is 15.4. The lowest BCUT2D eigenvalue weighted by molar-refractivity contribution is -0.163. The zero-order valence-electron chi connectivity index (χ0n) is 13.3. The molecule has 0 saturated heterocycles. The highest BCUT2D eigenvalue weighted by molar-refractivity contribution is 9.10. The molecule has 1 aromatic carbocycles.